The van der Waals surface area contributed by atoms with Gasteiger partial charge in [-0.3, -0.25) is 4.79 Å². The second-order valence-corrected chi connectivity index (χ2v) is 3.02. The molecule has 1 aromatic heterocycles. The molecule has 0 bridgehead atoms. The van der Waals surface area contributed by atoms with Gasteiger partial charge < -0.3 is 9.57 Å². The molecule has 0 N–H and O–H groups in total. The largest absolute Gasteiger partial charge is 0.479 e. The van der Waals surface area contributed by atoms with Gasteiger partial charge in [-0.2, -0.15) is 9.37 Å². The highest BCUT2D eigenvalue weighted by atomic mass is 19.1. The first-order valence-electron chi connectivity index (χ1n) is 4.87. The molecule has 0 saturated heterocycles. The van der Waals surface area contributed by atoms with Gasteiger partial charge in [0, 0.05) is 0 Å². The predicted molar refractivity (Wildman–Crippen MR) is 63.5 cm³/mol. The van der Waals surface area contributed by atoms with Crippen LogP contribution in [0.4, 0.5) is 4.39 Å². The Labute approximate surface area is 108 Å². The first kappa shape index (κ1) is 14.1. The summed E-state index contributed by atoms with van der Waals surface area (Å²) >= 11 is 0. The summed E-state index contributed by atoms with van der Waals surface area (Å²) in [5, 5.41) is 3.31. The number of aromatic nitrogens is 2. The van der Waals surface area contributed by atoms with Crippen molar-refractivity contribution < 1.29 is 18.8 Å². The number of hydrogen-bond acceptors (Lipinski definition) is 6. The number of oxime groups is 1. The number of halogens is 1. The van der Waals surface area contributed by atoms with E-state index < -0.39 is 11.6 Å². The summed E-state index contributed by atoms with van der Waals surface area (Å²) in [6.07, 6.45) is 7.46. The van der Waals surface area contributed by atoms with Crippen LogP contribution in [0, 0.1) is 30.2 Å². The summed E-state index contributed by atoms with van der Waals surface area (Å²) in [4.78, 5) is 22.9. The minimum atomic E-state index is -0.723. The third-order valence-electron chi connectivity index (χ3n) is 1.76. The minimum absolute atomic E-state index is 0.0282. The number of nitrogens with zero attached hydrogens (tertiary/aromatic N) is 3. The van der Waals surface area contributed by atoms with E-state index in [1.54, 1.807) is 6.11 Å². The van der Waals surface area contributed by atoms with Gasteiger partial charge in [0.1, 0.15) is 11.8 Å². The molecule has 0 atom stereocenters. The lowest BCUT2D eigenvalue weighted by atomic mass is 10.3. The molecule has 0 fully saturated rings. The molecular weight excluding hydrogens is 253 g/mol. The van der Waals surface area contributed by atoms with Gasteiger partial charge in [-0.1, -0.05) is 11.6 Å². The molecule has 1 rings (SSSR count). The van der Waals surface area contributed by atoms with Crippen molar-refractivity contribution in [2.24, 2.45) is 5.16 Å². The highest BCUT2D eigenvalue weighted by Crippen LogP contribution is 2.10. The topological polar surface area (TPSA) is 73.7 Å². The van der Waals surface area contributed by atoms with Crippen LogP contribution in [0.2, 0.25) is 0 Å². The maximum absolute atomic E-state index is 13.0. The van der Waals surface area contributed by atoms with E-state index in [0.29, 0.717) is 0 Å². The lowest BCUT2D eigenvalue weighted by Crippen LogP contribution is -2.07. The first-order chi connectivity index (χ1) is 9.08. The van der Waals surface area contributed by atoms with Gasteiger partial charge in [-0.25, -0.2) is 4.98 Å². The molecule has 0 saturated carbocycles. The second-order valence-electron chi connectivity index (χ2n) is 3.02. The van der Waals surface area contributed by atoms with Crippen molar-refractivity contribution in [2.45, 2.75) is 6.92 Å². The molecule has 19 heavy (non-hydrogen) atoms. The molecule has 0 aliphatic carbocycles. The van der Waals surface area contributed by atoms with Gasteiger partial charge in [0.25, 0.3) is 11.7 Å². The molecule has 6 nitrogen and oxygen atoms in total. The molecule has 1 heterocycles. The average Bonchev–Trinajstić information content (AvgIpc) is 2.43. The predicted octanol–water partition coefficient (Wildman–Crippen LogP) is 0.528. The Hall–Kier alpha value is -2.93. The molecule has 96 valence electrons. The highest BCUT2D eigenvalue weighted by molar-refractivity contribution is 6.45. The van der Waals surface area contributed by atoms with Gasteiger partial charge >= 0.3 is 0 Å². The molecular formula is C12H8FN3O3. The highest BCUT2D eigenvalue weighted by Gasteiger charge is 2.06. The van der Waals surface area contributed by atoms with Crippen LogP contribution in [0.15, 0.2) is 11.4 Å². The molecule has 0 aromatic carbocycles. The number of carbonyl (C=O) groups excluding carboxylic acids is 1. The summed E-state index contributed by atoms with van der Waals surface area (Å²) < 4.78 is 17.7. The van der Waals surface area contributed by atoms with E-state index in [1.807, 2.05) is 0 Å². The Balaban J connectivity index is 2.90. The van der Waals surface area contributed by atoms with E-state index in [-0.39, 0.29) is 17.4 Å². The third kappa shape index (κ3) is 4.10. The molecule has 1 aromatic rings. The van der Waals surface area contributed by atoms with Crippen LogP contribution in [-0.4, -0.2) is 28.6 Å². The van der Waals surface area contributed by atoms with Crippen molar-refractivity contribution in [3.63, 3.8) is 0 Å². The second kappa shape index (κ2) is 6.72. The van der Waals surface area contributed by atoms with Crippen molar-refractivity contribution in [3.05, 3.63) is 17.8 Å². The standard InChI is InChI=1S/C12H8FN3O3/c1-4-19-16-8(2)10(17)5-6-11-14-7-9(13)12(15-11)18-3/h1,7H,2-3H3/b16-8+. The van der Waals surface area contributed by atoms with Gasteiger partial charge in [-0.15, -0.1) is 0 Å². The lowest BCUT2D eigenvalue weighted by Gasteiger charge is -1.98. The zero-order valence-electron chi connectivity index (χ0n) is 10.1. The Kier molecular flexibility index (Phi) is 5.00. The SMILES string of the molecule is C#CO/N=C(\C)C(=O)C#Cc1ncc(F)c(OC)n1. The number of methoxy groups -OCH3 is 1. The van der Waals surface area contributed by atoms with Crippen molar-refractivity contribution in [3.8, 4) is 30.3 Å². The number of rotatable bonds is 3. The number of carbonyl (C=O) groups is 1. The number of ketones is 1. The molecule has 0 aliphatic rings. The maximum Gasteiger partial charge on any atom is 0.254 e. The Morgan fingerprint density at radius 3 is 2.95 bits per heavy atom. The quantitative estimate of drug-likeness (QED) is 0.450. The zero-order chi connectivity index (χ0) is 14.3. The van der Waals surface area contributed by atoms with Crippen LogP contribution in [0.3, 0.4) is 0 Å². The maximum atomic E-state index is 13.0. The molecule has 0 amide bonds. The summed E-state index contributed by atoms with van der Waals surface area (Å²) in [5.74, 6) is 2.89. The van der Waals surface area contributed by atoms with Crippen LogP contribution >= 0.6 is 0 Å². The summed E-state index contributed by atoms with van der Waals surface area (Å²) in [5.41, 5.74) is -0.0282. The lowest BCUT2D eigenvalue weighted by molar-refractivity contribution is -0.108. The van der Waals surface area contributed by atoms with Crippen LogP contribution < -0.4 is 4.74 Å². The average molecular weight is 261 g/mol. The monoisotopic (exact) mass is 261 g/mol. The fourth-order valence-corrected chi connectivity index (χ4v) is 0.894. The van der Waals surface area contributed by atoms with Crippen molar-refractivity contribution in [2.75, 3.05) is 7.11 Å². The van der Waals surface area contributed by atoms with Crippen molar-refractivity contribution in [1.82, 2.24) is 9.97 Å². The fraction of sp³-hybridized carbons (Fsp3) is 0.167. The van der Waals surface area contributed by atoms with E-state index in [1.165, 1.54) is 14.0 Å². The van der Waals surface area contributed by atoms with Gasteiger partial charge in [-0.05, 0) is 18.8 Å². The summed E-state index contributed by atoms with van der Waals surface area (Å²) in [6, 6.07) is 0. The Morgan fingerprint density at radius 2 is 2.32 bits per heavy atom. The van der Waals surface area contributed by atoms with Gasteiger partial charge in [0.2, 0.25) is 11.6 Å². The van der Waals surface area contributed by atoms with Crippen LogP contribution in [-0.2, 0) is 9.63 Å². The Morgan fingerprint density at radius 1 is 1.58 bits per heavy atom. The number of terminal acetylenes is 1. The van der Waals surface area contributed by atoms with E-state index >= 15 is 0 Å². The van der Waals surface area contributed by atoms with Crippen LogP contribution in [0.1, 0.15) is 12.7 Å². The minimum Gasteiger partial charge on any atom is -0.479 e. The number of Topliss-reactive ketones (excluding diaryl/α,β-unsaturated/α-hetero) is 1. The molecule has 0 spiro atoms. The molecule has 0 radical (unpaired) electrons. The Bertz CT molecular complexity index is 623. The summed E-state index contributed by atoms with van der Waals surface area (Å²) in [6.45, 7) is 1.38. The zero-order valence-corrected chi connectivity index (χ0v) is 10.1. The van der Waals surface area contributed by atoms with Crippen molar-refractivity contribution in [1.29, 1.82) is 0 Å². The van der Waals surface area contributed by atoms with E-state index in [9.17, 15) is 9.18 Å². The van der Waals surface area contributed by atoms with Crippen LogP contribution in [0.5, 0.6) is 5.88 Å². The van der Waals surface area contributed by atoms with Gasteiger partial charge in [0.05, 0.1) is 13.3 Å². The molecule has 7 heteroatoms. The number of hydrogen-bond donors (Lipinski definition) is 0. The smallest absolute Gasteiger partial charge is 0.254 e. The van der Waals surface area contributed by atoms with Gasteiger partial charge in [0.15, 0.2) is 0 Å². The van der Waals surface area contributed by atoms with Crippen LogP contribution in [0.25, 0.3) is 0 Å². The first-order valence-corrected chi connectivity index (χ1v) is 4.87. The third-order valence-corrected chi connectivity index (χ3v) is 1.76. The summed E-state index contributed by atoms with van der Waals surface area (Å²) in [7, 11) is 1.25. The van der Waals surface area contributed by atoms with E-state index in [4.69, 9.17) is 6.42 Å². The molecule has 0 aliphatic heterocycles. The number of ether oxygens (including phenoxy) is 1. The van der Waals surface area contributed by atoms with E-state index in [0.717, 1.165) is 6.20 Å². The fourth-order valence-electron chi connectivity index (χ4n) is 0.894. The molecule has 0 unspecified atom stereocenters. The van der Waals surface area contributed by atoms with E-state index in [2.05, 4.69) is 36.5 Å². The van der Waals surface area contributed by atoms with Crippen molar-refractivity contribution >= 4 is 11.5 Å². The normalized spacial score (nSPS) is 9.89.